The van der Waals surface area contributed by atoms with E-state index in [0.29, 0.717) is 13.1 Å². The highest BCUT2D eigenvalue weighted by atomic mass is 35.5. The Hall–Kier alpha value is -2.60. The maximum Gasteiger partial charge on any atom is 0.289 e. The van der Waals surface area contributed by atoms with Crippen LogP contribution < -0.4 is 5.32 Å². The molecule has 12 heteroatoms. The van der Waals surface area contributed by atoms with Gasteiger partial charge < -0.3 is 5.32 Å². The van der Waals surface area contributed by atoms with E-state index in [9.17, 15) is 27.7 Å². The number of halogens is 2. The first kappa shape index (κ1) is 22.1. The van der Waals surface area contributed by atoms with Crippen LogP contribution in [-0.4, -0.2) is 61.2 Å². The Kier molecular flexibility index (Phi) is 6.66. The van der Waals surface area contributed by atoms with E-state index in [1.54, 1.807) is 4.90 Å². The highest BCUT2D eigenvalue weighted by molar-refractivity contribution is 7.89. The lowest BCUT2D eigenvalue weighted by atomic mass is 10.2. The molecular formula is C18H18ClFN4O5S. The van der Waals surface area contributed by atoms with Gasteiger partial charge in [0.15, 0.2) is 0 Å². The molecule has 1 saturated heterocycles. The smallest absolute Gasteiger partial charge is 0.289 e. The Morgan fingerprint density at radius 3 is 2.50 bits per heavy atom. The average molecular weight is 457 g/mol. The van der Waals surface area contributed by atoms with Crippen LogP contribution in [0.25, 0.3) is 0 Å². The Labute approximate surface area is 177 Å². The van der Waals surface area contributed by atoms with Crippen LogP contribution in [-0.2, 0) is 14.8 Å². The van der Waals surface area contributed by atoms with Crippen molar-refractivity contribution in [2.24, 2.45) is 0 Å². The number of benzene rings is 2. The number of anilines is 1. The molecule has 2 aromatic rings. The van der Waals surface area contributed by atoms with Crippen molar-refractivity contribution < 1.29 is 22.5 Å². The Morgan fingerprint density at radius 2 is 1.87 bits per heavy atom. The standard InChI is InChI=1S/C18H18ClFN4O5S/c19-16-5-4-14(11-17(16)24(26)27)21-18(25)12-22-6-8-23(9-7-22)30(28,29)15-3-1-2-13(20)10-15/h1-5,10-11H,6-9,12H2,(H,21,25). The molecule has 0 aromatic heterocycles. The second kappa shape index (κ2) is 9.04. The van der Waals surface area contributed by atoms with Crippen molar-refractivity contribution in [2.75, 3.05) is 38.0 Å². The summed E-state index contributed by atoms with van der Waals surface area (Å²) in [6, 6.07) is 8.77. The summed E-state index contributed by atoms with van der Waals surface area (Å²) in [5, 5.41) is 13.5. The van der Waals surface area contributed by atoms with Gasteiger partial charge in [-0.05, 0) is 30.3 Å². The van der Waals surface area contributed by atoms with Gasteiger partial charge in [0, 0.05) is 37.9 Å². The molecule has 2 aromatic carbocycles. The number of nitrogens with one attached hydrogen (secondary N) is 1. The number of rotatable bonds is 6. The molecule has 1 N–H and O–H groups in total. The Balaban J connectivity index is 1.56. The van der Waals surface area contributed by atoms with E-state index >= 15 is 0 Å². The summed E-state index contributed by atoms with van der Waals surface area (Å²) >= 11 is 5.75. The molecule has 0 bridgehead atoms. The fourth-order valence-corrected chi connectivity index (χ4v) is 4.68. The van der Waals surface area contributed by atoms with Gasteiger partial charge in [0.25, 0.3) is 5.69 Å². The van der Waals surface area contributed by atoms with Crippen LogP contribution >= 0.6 is 11.6 Å². The van der Waals surface area contributed by atoms with Crippen LogP contribution in [0.5, 0.6) is 0 Å². The molecule has 1 amide bonds. The maximum absolute atomic E-state index is 13.4. The topological polar surface area (TPSA) is 113 Å². The SMILES string of the molecule is O=C(CN1CCN(S(=O)(=O)c2cccc(F)c2)CC1)Nc1ccc(Cl)c([N+](=O)[O-])c1. The molecule has 3 rings (SSSR count). The molecule has 0 aliphatic carbocycles. The van der Waals surface area contributed by atoms with Crippen molar-refractivity contribution in [2.45, 2.75) is 4.90 Å². The number of hydrogen-bond donors (Lipinski definition) is 1. The van der Waals surface area contributed by atoms with Gasteiger partial charge in [-0.25, -0.2) is 12.8 Å². The van der Waals surface area contributed by atoms with Crippen LogP contribution in [0.15, 0.2) is 47.4 Å². The molecule has 9 nitrogen and oxygen atoms in total. The van der Waals surface area contributed by atoms with E-state index in [1.807, 2.05) is 0 Å². The minimum Gasteiger partial charge on any atom is -0.325 e. The molecular weight excluding hydrogens is 439 g/mol. The Bertz CT molecular complexity index is 1070. The summed E-state index contributed by atoms with van der Waals surface area (Å²) in [7, 11) is -3.81. The van der Waals surface area contributed by atoms with Crippen LogP contribution in [0.2, 0.25) is 5.02 Å². The van der Waals surface area contributed by atoms with Gasteiger partial charge >= 0.3 is 0 Å². The second-order valence-corrected chi connectivity index (χ2v) is 8.95. The molecule has 1 aliphatic heterocycles. The number of carbonyl (C=O) groups excluding carboxylic acids is 1. The molecule has 1 heterocycles. The van der Waals surface area contributed by atoms with E-state index in [2.05, 4.69) is 5.32 Å². The van der Waals surface area contributed by atoms with Gasteiger partial charge in [0.05, 0.1) is 16.4 Å². The molecule has 0 saturated carbocycles. The summed E-state index contributed by atoms with van der Waals surface area (Å²) in [5.41, 5.74) is -0.0749. The van der Waals surface area contributed by atoms with Gasteiger partial charge in [-0.3, -0.25) is 19.8 Å². The average Bonchev–Trinajstić information content (AvgIpc) is 2.69. The zero-order chi connectivity index (χ0) is 21.9. The molecule has 0 atom stereocenters. The fourth-order valence-electron chi connectivity index (χ4n) is 3.04. The third-order valence-corrected chi connectivity index (χ3v) is 6.77. The summed E-state index contributed by atoms with van der Waals surface area (Å²) in [4.78, 5) is 24.2. The van der Waals surface area contributed by atoms with Gasteiger partial charge in [-0.15, -0.1) is 0 Å². The predicted octanol–water partition coefficient (Wildman–Crippen LogP) is 2.33. The van der Waals surface area contributed by atoms with Gasteiger partial charge in [0.1, 0.15) is 10.8 Å². The molecule has 0 unspecified atom stereocenters. The molecule has 0 radical (unpaired) electrons. The number of nitro benzene ring substituents is 1. The van der Waals surface area contributed by atoms with E-state index < -0.39 is 26.7 Å². The Morgan fingerprint density at radius 1 is 1.17 bits per heavy atom. The molecule has 1 fully saturated rings. The van der Waals surface area contributed by atoms with Gasteiger partial charge in [-0.2, -0.15) is 4.31 Å². The lowest BCUT2D eigenvalue weighted by Crippen LogP contribution is -2.50. The minimum absolute atomic E-state index is 0.00965. The second-order valence-electron chi connectivity index (χ2n) is 6.61. The van der Waals surface area contributed by atoms with Crippen LogP contribution in [0.3, 0.4) is 0 Å². The molecule has 30 heavy (non-hydrogen) atoms. The van der Waals surface area contributed by atoms with E-state index in [-0.39, 0.29) is 40.9 Å². The van der Waals surface area contributed by atoms with Crippen molar-refractivity contribution in [3.05, 3.63) is 63.4 Å². The van der Waals surface area contributed by atoms with E-state index in [1.165, 1.54) is 40.7 Å². The van der Waals surface area contributed by atoms with Gasteiger partial charge in [0.2, 0.25) is 15.9 Å². The lowest BCUT2D eigenvalue weighted by molar-refractivity contribution is -0.384. The minimum atomic E-state index is -3.81. The number of piperazine rings is 1. The first-order valence-corrected chi connectivity index (χ1v) is 10.7. The summed E-state index contributed by atoms with van der Waals surface area (Å²) in [6.45, 7) is 0.910. The zero-order valence-corrected chi connectivity index (χ0v) is 17.2. The number of nitrogens with zero attached hydrogens (tertiary/aromatic N) is 3. The van der Waals surface area contributed by atoms with Crippen molar-refractivity contribution in [1.82, 2.24) is 9.21 Å². The number of amides is 1. The molecule has 160 valence electrons. The first-order valence-electron chi connectivity index (χ1n) is 8.88. The highest BCUT2D eigenvalue weighted by Gasteiger charge is 2.29. The van der Waals surface area contributed by atoms with Crippen LogP contribution in [0.4, 0.5) is 15.8 Å². The fraction of sp³-hybridized carbons (Fsp3) is 0.278. The van der Waals surface area contributed by atoms with Crippen molar-refractivity contribution in [3.63, 3.8) is 0 Å². The third-order valence-electron chi connectivity index (χ3n) is 4.56. The monoisotopic (exact) mass is 456 g/mol. The largest absolute Gasteiger partial charge is 0.325 e. The van der Waals surface area contributed by atoms with E-state index in [4.69, 9.17) is 11.6 Å². The number of carbonyl (C=O) groups is 1. The van der Waals surface area contributed by atoms with Crippen LogP contribution in [0.1, 0.15) is 0 Å². The molecule has 0 spiro atoms. The number of hydrogen-bond acceptors (Lipinski definition) is 6. The van der Waals surface area contributed by atoms with Gasteiger partial charge in [-0.1, -0.05) is 17.7 Å². The summed E-state index contributed by atoms with van der Waals surface area (Å²) in [6.07, 6.45) is 0. The normalized spacial score (nSPS) is 15.7. The lowest BCUT2D eigenvalue weighted by Gasteiger charge is -2.33. The quantitative estimate of drug-likeness (QED) is 0.527. The van der Waals surface area contributed by atoms with E-state index in [0.717, 1.165) is 6.07 Å². The van der Waals surface area contributed by atoms with Crippen molar-refractivity contribution in [3.8, 4) is 0 Å². The predicted molar refractivity (Wildman–Crippen MR) is 108 cm³/mol. The first-order chi connectivity index (χ1) is 14.2. The zero-order valence-electron chi connectivity index (χ0n) is 15.6. The molecule has 1 aliphatic rings. The summed E-state index contributed by atoms with van der Waals surface area (Å²) < 4.78 is 39.8. The highest BCUT2D eigenvalue weighted by Crippen LogP contribution is 2.27. The van der Waals surface area contributed by atoms with Crippen molar-refractivity contribution >= 4 is 38.9 Å². The number of sulfonamides is 1. The van der Waals surface area contributed by atoms with Crippen molar-refractivity contribution in [1.29, 1.82) is 0 Å². The maximum atomic E-state index is 13.4. The number of nitro groups is 1. The summed E-state index contributed by atoms with van der Waals surface area (Å²) in [5.74, 6) is -1.03. The van der Waals surface area contributed by atoms with Crippen LogP contribution in [0, 0.1) is 15.9 Å². The third kappa shape index (κ3) is 5.11.